The fourth-order valence-corrected chi connectivity index (χ4v) is 7.90. The van der Waals surface area contributed by atoms with E-state index in [1.807, 2.05) is 68.4 Å². The third-order valence-corrected chi connectivity index (χ3v) is 10.7. The van der Waals surface area contributed by atoms with E-state index in [4.69, 9.17) is 23.5 Å². The van der Waals surface area contributed by atoms with E-state index in [1.54, 1.807) is 11.0 Å². The topological polar surface area (TPSA) is 134 Å². The number of hydrogen-bond donors (Lipinski definition) is 3. The zero-order valence-electron chi connectivity index (χ0n) is 29.4. The van der Waals surface area contributed by atoms with Gasteiger partial charge in [0.1, 0.15) is 22.8 Å². The van der Waals surface area contributed by atoms with Gasteiger partial charge in [0.2, 0.25) is 11.8 Å². The zero-order chi connectivity index (χ0) is 36.8. The molecule has 6 aromatic rings. The Morgan fingerprint density at radius 1 is 0.887 bits per heavy atom. The SMILES string of the molecule is Cc1c(-c2nc3cc(CN[C@H]4CCC[C@@H]4O)ccc3o2)cccc1-c1cccc(-c2nc3cc(CN4CCC[C@H]4C(=O)O)c(OC(F)F)cc3o2)c1C. The summed E-state index contributed by atoms with van der Waals surface area (Å²) in [5, 5.41) is 23.3. The smallest absolute Gasteiger partial charge is 0.387 e. The minimum atomic E-state index is -3.06. The first-order valence-electron chi connectivity index (χ1n) is 18.0. The van der Waals surface area contributed by atoms with Gasteiger partial charge in [-0.25, -0.2) is 9.97 Å². The van der Waals surface area contributed by atoms with Gasteiger partial charge in [0.05, 0.1) is 6.10 Å². The number of rotatable bonds is 11. The number of aliphatic hydroxyl groups is 1. The third kappa shape index (κ3) is 6.90. The number of alkyl halides is 2. The molecule has 274 valence electrons. The van der Waals surface area contributed by atoms with Gasteiger partial charge in [-0.3, -0.25) is 9.69 Å². The van der Waals surface area contributed by atoms with Gasteiger partial charge in [0, 0.05) is 41.9 Å². The molecule has 1 aliphatic carbocycles. The lowest BCUT2D eigenvalue weighted by Crippen LogP contribution is -2.35. The van der Waals surface area contributed by atoms with Crippen LogP contribution in [0.15, 0.2) is 75.6 Å². The predicted molar refractivity (Wildman–Crippen MR) is 196 cm³/mol. The van der Waals surface area contributed by atoms with Gasteiger partial charge in [0.15, 0.2) is 11.2 Å². The molecular weight excluding hydrogens is 682 g/mol. The Balaban J connectivity index is 1.09. The number of carbonyl (C=O) groups is 1. The van der Waals surface area contributed by atoms with Crippen LogP contribution in [0.25, 0.3) is 56.2 Å². The number of nitrogens with one attached hydrogen (secondary N) is 1. The second-order valence-corrected chi connectivity index (χ2v) is 14.1. The summed E-state index contributed by atoms with van der Waals surface area (Å²) < 4.78 is 44.2. The third-order valence-electron chi connectivity index (χ3n) is 10.7. The summed E-state index contributed by atoms with van der Waals surface area (Å²) in [7, 11) is 0. The first kappa shape index (κ1) is 34.9. The van der Waals surface area contributed by atoms with Gasteiger partial charge >= 0.3 is 12.6 Å². The highest BCUT2D eigenvalue weighted by Gasteiger charge is 2.32. The second kappa shape index (κ2) is 14.3. The molecule has 1 saturated carbocycles. The molecule has 0 bridgehead atoms. The molecule has 3 heterocycles. The molecule has 0 unspecified atom stereocenters. The molecule has 1 saturated heterocycles. The number of hydrogen-bond acceptors (Lipinski definition) is 9. The van der Waals surface area contributed by atoms with Crippen LogP contribution in [0.4, 0.5) is 8.78 Å². The van der Waals surface area contributed by atoms with E-state index in [0.717, 1.165) is 63.7 Å². The number of carboxylic acid groups (broad SMARTS) is 1. The maximum Gasteiger partial charge on any atom is 0.387 e. The molecular formula is C41H40F2N4O6. The Morgan fingerprint density at radius 2 is 1.55 bits per heavy atom. The molecule has 2 aliphatic rings. The number of fused-ring (bicyclic) bond motifs is 2. The van der Waals surface area contributed by atoms with Crippen LogP contribution < -0.4 is 10.1 Å². The van der Waals surface area contributed by atoms with E-state index in [2.05, 4.69) is 5.32 Å². The minimum absolute atomic E-state index is 0.0693. The van der Waals surface area contributed by atoms with Crippen LogP contribution in [0.3, 0.4) is 0 Å². The second-order valence-electron chi connectivity index (χ2n) is 14.1. The summed E-state index contributed by atoms with van der Waals surface area (Å²) in [4.78, 5) is 23.2. The summed E-state index contributed by atoms with van der Waals surface area (Å²) in [5.74, 6) is -0.165. The molecule has 3 N–H and O–H groups in total. The van der Waals surface area contributed by atoms with Crippen molar-refractivity contribution in [3.63, 3.8) is 0 Å². The maximum atomic E-state index is 13.5. The first-order valence-corrected chi connectivity index (χ1v) is 18.0. The van der Waals surface area contributed by atoms with E-state index in [1.165, 1.54) is 6.07 Å². The molecule has 8 rings (SSSR count). The van der Waals surface area contributed by atoms with Crippen molar-refractivity contribution >= 4 is 28.2 Å². The minimum Gasteiger partial charge on any atom is -0.480 e. The van der Waals surface area contributed by atoms with E-state index in [0.29, 0.717) is 54.4 Å². The number of nitrogens with zero attached hydrogens (tertiary/aromatic N) is 3. The number of aliphatic carboxylic acids is 1. The number of likely N-dealkylation sites (tertiary alicyclic amines) is 1. The lowest BCUT2D eigenvalue weighted by atomic mass is 9.91. The van der Waals surface area contributed by atoms with Gasteiger partial charge in [-0.1, -0.05) is 30.3 Å². The van der Waals surface area contributed by atoms with E-state index in [9.17, 15) is 23.8 Å². The monoisotopic (exact) mass is 722 g/mol. The van der Waals surface area contributed by atoms with Crippen LogP contribution in [0.1, 0.15) is 54.4 Å². The van der Waals surface area contributed by atoms with Crippen LogP contribution in [0, 0.1) is 13.8 Å². The van der Waals surface area contributed by atoms with Crippen LogP contribution in [-0.4, -0.2) is 62.4 Å². The van der Waals surface area contributed by atoms with E-state index < -0.39 is 18.6 Å². The van der Waals surface area contributed by atoms with Crippen molar-refractivity contribution in [1.82, 2.24) is 20.2 Å². The molecule has 10 nitrogen and oxygen atoms in total. The Morgan fingerprint density at radius 3 is 2.19 bits per heavy atom. The number of oxazole rings is 2. The highest BCUT2D eigenvalue weighted by Crippen LogP contribution is 2.39. The van der Waals surface area contributed by atoms with Gasteiger partial charge in [-0.05, 0) is 111 Å². The Hall–Kier alpha value is -5.17. The number of aliphatic hydroxyl groups excluding tert-OH is 1. The van der Waals surface area contributed by atoms with Crippen LogP contribution in [0.5, 0.6) is 5.75 Å². The number of aromatic nitrogens is 2. The number of benzene rings is 4. The van der Waals surface area contributed by atoms with Crippen molar-refractivity contribution in [1.29, 1.82) is 0 Å². The summed E-state index contributed by atoms with van der Waals surface area (Å²) in [6.07, 6.45) is 3.74. The van der Waals surface area contributed by atoms with Crippen molar-refractivity contribution < 1.29 is 37.4 Å². The fraction of sp³-hybridized carbons (Fsp3) is 0.341. The summed E-state index contributed by atoms with van der Waals surface area (Å²) in [5.41, 5.74) is 9.10. The lowest BCUT2D eigenvalue weighted by Gasteiger charge is -2.22. The quantitative estimate of drug-likeness (QED) is 0.120. The van der Waals surface area contributed by atoms with Crippen molar-refractivity contribution in [3.8, 4) is 39.8 Å². The van der Waals surface area contributed by atoms with Crippen molar-refractivity contribution in [2.24, 2.45) is 0 Å². The van der Waals surface area contributed by atoms with Gasteiger partial charge in [0.25, 0.3) is 0 Å². The average Bonchev–Trinajstić information content (AvgIpc) is 3.94. The number of halogens is 2. The molecule has 4 aromatic carbocycles. The molecule has 2 aromatic heterocycles. The van der Waals surface area contributed by atoms with Crippen molar-refractivity contribution in [3.05, 3.63) is 89.0 Å². The first-order chi connectivity index (χ1) is 25.6. The van der Waals surface area contributed by atoms with Crippen LogP contribution >= 0.6 is 0 Å². The van der Waals surface area contributed by atoms with Gasteiger partial charge in [-0.2, -0.15) is 8.78 Å². The number of carboxylic acids is 1. The van der Waals surface area contributed by atoms with E-state index >= 15 is 0 Å². The van der Waals surface area contributed by atoms with Crippen molar-refractivity contribution in [2.75, 3.05) is 6.54 Å². The molecule has 3 atom stereocenters. The Kier molecular flexibility index (Phi) is 9.44. The summed E-state index contributed by atoms with van der Waals surface area (Å²) in [6, 6.07) is 20.3. The maximum absolute atomic E-state index is 13.5. The average molecular weight is 723 g/mol. The number of ether oxygens (including phenoxy) is 1. The van der Waals surface area contributed by atoms with Crippen molar-refractivity contribution in [2.45, 2.75) is 83.8 Å². The lowest BCUT2D eigenvalue weighted by molar-refractivity contribution is -0.142. The summed E-state index contributed by atoms with van der Waals surface area (Å²) >= 11 is 0. The highest BCUT2D eigenvalue weighted by molar-refractivity contribution is 5.85. The zero-order valence-corrected chi connectivity index (χ0v) is 29.4. The van der Waals surface area contributed by atoms with E-state index in [-0.39, 0.29) is 30.0 Å². The molecule has 0 amide bonds. The molecule has 0 radical (unpaired) electrons. The Bertz CT molecular complexity index is 2320. The Labute approximate surface area is 304 Å². The van der Waals surface area contributed by atoms with Gasteiger partial charge in [-0.15, -0.1) is 0 Å². The predicted octanol–water partition coefficient (Wildman–Crippen LogP) is 8.24. The fourth-order valence-electron chi connectivity index (χ4n) is 7.90. The van der Waals surface area contributed by atoms with Crippen LogP contribution in [0.2, 0.25) is 0 Å². The normalized spacial score (nSPS) is 19.2. The van der Waals surface area contributed by atoms with Crippen LogP contribution in [-0.2, 0) is 17.9 Å². The molecule has 53 heavy (non-hydrogen) atoms. The van der Waals surface area contributed by atoms with Gasteiger partial charge < -0.3 is 29.1 Å². The molecule has 12 heteroatoms. The molecule has 2 fully saturated rings. The molecule has 1 aliphatic heterocycles. The summed E-state index contributed by atoms with van der Waals surface area (Å²) in [6.45, 7) is 2.27. The largest absolute Gasteiger partial charge is 0.480 e. The molecule has 0 spiro atoms. The highest BCUT2D eigenvalue weighted by atomic mass is 19.3. The standard InChI is InChI=1S/C41H40F2N4O6/c1-22-26(7-3-9-28(22)38-45-31-17-24(14-15-35(31)51-38)20-44-30-11-5-13-34(30)48)27-8-4-10-29(23(27)2)39-46-32-18-25(21-47-16-6-12-33(47)40(49)50)36(53-41(42)43)19-37(32)52-39/h3-4,7-10,14-15,17-19,30,33-34,41,44,48H,5-6,11-13,16,20-21H2,1-2H3,(H,49,50)/t30-,33-,34-/m0/s1.